The molecule has 1 rings (SSSR count). The topological polar surface area (TPSA) is 0 Å². The van der Waals surface area contributed by atoms with Crippen LogP contribution in [0.3, 0.4) is 0 Å². The highest BCUT2D eigenvalue weighted by Gasteiger charge is 2.03. The number of rotatable bonds is 4. The Labute approximate surface area is 104 Å². The summed E-state index contributed by atoms with van der Waals surface area (Å²) in [6, 6.07) is 9.05. The molecule has 0 unspecified atom stereocenters. The van der Waals surface area contributed by atoms with Crippen molar-refractivity contribution in [3.63, 3.8) is 0 Å². The summed E-state index contributed by atoms with van der Waals surface area (Å²) >= 11 is 0. The Morgan fingerprint density at radius 2 is 1.25 bits per heavy atom. The quantitative estimate of drug-likeness (QED) is 0.699. The molecule has 0 fully saturated rings. The lowest BCUT2D eigenvalue weighted by atomic mass is 10.4. The maximum Gasteiger partial charge on any atom is 0.0814 e. The lowest BCUT2D eigenvalue weighted by molar-refractivity contribution is 1.57. The van der Waals surface area contributed by atoms with E-state index in [4.69, 9.17) is 0 Å². The standard InChI is InChI=1S/C14H22Si2/c1-5-11(3)15-13-9-7-8-10-14(13)16-12(4)6-2/h5-10H,15-16H2,1-4H3. The fraction of sp³-hybridized carbons (Fsp3) is 0.286. The van der Waals surface area contributed by atoms with Crippen molar-refractivity contribution in [2.75, 3.05) is 0 Å². The van der Waals surface area contributed by atoms with Crippen LogP contribution in [0.25, 0.3) is 0 Å². The summed E-state index contributed by atoms with van der Waals surface area (Å²) in [5.41, 5.74) is 0. The summed E-state index contributed by atoms with van der Waals surface area (Å²) < 4.78 is 0. The molecule has 0 aliphatic heterocycles. The van der Waals surface area contributed by atoms with Crippen LogP contribution in [-0.4, -0.2) is 19.0 Å². The second-order valence-corrected chi connectivity index (χ2v) is 8.85. The Morgan fingerprint density at radius 3 is 1.56 bits per heavy atom. The molecule has 0 nitrogen and oxygen atoms in total. The van der Waals surface area contributed by atoms with E-state index < -0.39 is 0 Å². The van der Waals surface area contributed by atoms with Crippen LogP contribution in [0.4, 0.5) is 0 Å². The Morgan fingerprint density at radius 1 is 0.875 bits per heavy atom. The number of allylic oxidation sites excluding steroid dienone is 4. The van der Waals surface area contributed by atoms with E-state index in [0.29, 0.717) is 0 Å². The lowest BCUT2D eigenvalue weighted by Gasteiger charge is -2.09. The zero-order chi connectivity index (χ0) is 12.0. The predicted octanol–water partition coefficient (Wildman–Crippen LogP) is 1.12. The van der Waals surface area contributed by atoms with Crippen molar-refractivity contribution in [3.05, 3.63) is 46.8 Å². The SMILES string of the molecule is CC=C(C)[SiH2]c1ccccc1[SiH2]C(C)=CC. The van der Waals surface area contributed by atoms with E-state index in [1.165, 1.54) is 0 Å². The maximum atomic E-state index is 2.34. The van der Waals surface area contributed by atoms with Crippen molar-refractivity contribution < 1.29 is 0 Å². The molecule has 16 heavy (non-hydrogen) atoms. The van der Waals surface area contributed by atoms with Gasteiger partial charge in [-0.3, -0.25) is 0 Å². The lowest BCUT2D eigenvalue weighted by Crippen LogP contribution is -2.36. The third kappa shape index (κ3) is 3.95. The summed E-state index contributed by atoms with van der Waals surface area (Å²) in [5, 5.41) is 6.51. The third-order valence-corrected chi connectivity index (χ3v) is 7.62. The van der Waals surface area contributed by atoms with Gasteiger partial charge in [0.1, 0.15) is 0 Å². The van der Waals surface area contributed by atoms with Gasteiger partial charge < -0.3 is 0 Å². The first-order chi connectivity index (χ1) is 7.67. The van der Waals surface area contributed by atoms with Crippen molar-refractivity contribution in [1.82, 2.24) is 0 Å². The Hall–Kier alpha value is -0.866. The summed E-state index contributed by atoms with van der Waals surface area (Å²) in [6.45, 7) is 8.85. The van der Waals surface area contributed by atoms with Crippen LogP contribution in [0.2, 0.25) is 0 Å². The highest BCUT2D eigenvalue weighted by atomic mass is 28.2. The van der Waals surface area contributed by atoms with E-state index in [9.17, 15) is 0 Å². The van der Waals surface area contributed by atoms with Crippen molar-refractivity contribution in [2.45, 2.75) is 27.7 Å². The number of hydrogen-bond acceptors (Lipinski definition) is 0. The molecular formula is C14H22Si2. The minimum Gasteiger partial charge on any atom is -0.0928 e. The molecule has 0 heterocycles. The molecule has 1 aromatic rings. The van der Waals surface area contributed by atoms with Crippen molar-refractivity contribution >= 4 is 29.4 Å². The van der Waals surface area contributed by atoms with E-state index in [1.54, 1.807) is 20.8 Å². The fourth-order valence-electron chi connectivity index (χ4n) is 1.71. The second-order valence-electron chi connectivity index (χ2n) is 4.39. The Bertz CT molecular complexity index is 364. The third-order valence-electron chi connectivity index (χ3n) is 3.04. The first-order valence-electron chi connectivity index (χ1n) is 5.97. The van der Waals surface area contributed by atoms with Crippen molar-refractivity contribution in [3.8, 4) is 0 Å². The van der Waals surface area contributed by atoms with Gasteiger partial charge in [0, 0.05) is 0 Å². The molecule has 0 atom stereocenters. The van der Waals surface area contributed by atoms with Gasteiger partial charge >= 0.3 is 0 Å². The normalized spacial score (nSPS) is 14.5. The molecule has 0 radical (unpaired) electrons. The molecule has 0 saturated carbocycles. The molecule has 1 aromatic carbocycles. The Balaban J connectivity index is 2.92. The van der Waals surface area contributed by atoms with Gasteiger partial charge in [0.15, 0.2) is 0 Å². The molecule has 0 aliphatic rings. The van der Waals surface area contributed by atoms with Crippen molar-refractivity contribution in [1.29, 1.82) is 0 Å². The van der Waals surface area contributed by atoms with Gasteiger partial charge in [-0.15, -0.1) is 0 Å². The van der Waals surface area contributed by atoms with E-state index >= 15 is 0 Å². The van der Waals surface area contributed by atoms with Gasteiger partial charge in [0.05, 0.1) is 19.0 Å². The van der Waals surface area contributed by atoms with Crippen LogP contribution < -0.4 is 10.4 Å². The van der Waals surface area contributed by atoms with Crippen LogP contribution in [0.5, 0.6) is 0 Å². The van der Waals surface area contributed by atoms with Gasteiger partial charge in [-0.2, -0.15) is 0 Å². The minimum absolute atomic E-state index is 0.198. The smallest absolute Gasteiger partial charge is 0.0814 e. The van der Waals surface area contributed by atoms with Crippen LogP contribution in [0.15, 0.2) is 46.8 Å². The minimum atomic E-state index is -0.198. The van der Waals surface area contributed by atoms with E-state index in [0.717, 1.165) is 0 Å². The van der Waals surface area contributed by atoms with Gasteiger partial charge in [-0.1, -0.05) is 57.2 Å². The van der Waals surface area contributed by atoms with Gasteiger partial charge in [-0.25, -0.2) is 0 Å². The summed E-state index contributed by atoms with van der Waals surface area (Å²) in [6.07, 6.45) is 4.54. The van der Waals surface area contributed by atoms with Gasteiger partial charge in [-0.05, 0) is 27.7 Å². The molecule has 2 heteroatoms. The van der Waals surface area contributed by atoms with Gasteiger partial charge in [0.25, 0.3) is 0 Å². The molecule has 0 saturated heterocycles. The first kappa shape index (κ1) is 13.2. The van der Waals surface area contributed by atoms with E-state index in [1.807, 2.05) is 0 Å². The van der Waals surface area contributed by atoms with Crippen LogP contribution in [0.1, 0.15) is 27.7 Å². The maximum absolute atomic E-state index is 2.34. The number of hydrogen-bond donors (Lipinski definition) is 0. The summed E-state index contributed by atoms with van der Waals surface area (Å²) in [7, 11) is -0.396. The molecule has 0 aliphatic carbocycles. The predicted molar refractivity (Wildman–Crippen MR) is 81.7 cm³/mol. The fourth-order valence-corrected chi connectivity index (χ4v) is 5.26. The number of benzene rings is 1. The molecule has 0 spiro atoms. The highest BCUT2D eigenvalue weighted by Crippen LogP contribution is 1.92. The highest BCUT2D eigenvalue weighted by molar-refractivity contribution is 6.72. The van der Waals surface area contributed by atoms with Gasteiger partial charge in [0.2, 0.25) is 0 Å². The first-order valence-corrected chi connectivity index (χ1v) is 8.80. The van der Waals surface area contributed by atoms with E-state index in [2.05, 4.69) is 64.1 Å². The van der Waals surface area contributed by atoms with Crippen molar-refractivity contribution in [2.24, 2.45) is 0 Å². The van der Waals surface area contributed by atoms with Crippen LogP contribution >= 0.6 is 0 Å². The Kier molecular flexibility index (Phi) is 5.49. The molecule has 0 aromatic heterocycles. The van der Waals surface area contributed by atoms with E-state index in [-0.39, 0.29) is 19.0 Å². The molecule has 0 bridgehead atoms. The molecular weight excluding hydrogens is 224 g/mol. The molecule has 0 amide bonds. The summed E-state index contributed by atoms with van der Waals surface area (Å²) in [4.78, 5) is 0. The zero-order valence-electron chi connectivity index (χ0n) is 10.9. The second kappa shape index (κ2) is 6.66. The molecule has 86 valence electrons. The average molecular weight is 247 g/mol. The largest absolute Gasteiger partial charge is 0.0928 e. The monoisotopic (exact) mass is 246 g/mol. The zero-order valence-corrected chi connectivity index (χ0v) is 13.7. The van der Waals surface area contributed by atoms with Crippen LogP contribution in [0, 0.1) is 0 Å². The molecule has 0 N–H and O–H groups in total. The average Bonchev–Trinajstić information content (AvgIpc) is 2.31. The van der Waals surface area contributed by atoms with Crippen LogP contribution in [-0.2, 0) is 0 Å². The summed E-state index contributed by atoms with van der Waals surface area (Å²) in [5.74, 6) is 0.